The quantitative estimate of drug-likeness (QED) is 0.855. The first-order chi connectivity index (χ1) is 9.26. The van der Waals surface area contributed by atoms with Gasteiger partial charge in [-0.2, -0.15) is 0 Å². The van der Waals surface area contributed by atoms with Gasteiger partial charge >= 0.3 is 0 Å². The monoisotopic (exact) mass is 266 g/mol. The SMILES string of the molecule is CCN1CCCC1CNCc1cccc(OC)c1F. The van der Waals surface area contributed by atoms with Crippen LogP contribution in [-0.2, 0) is 6.54 Å². The highest BCUT2D eigenvalue weighted by Crippen LogP contribution is 2.20. The lowest BCUT2D eigenvalue weighted by Crippen LogP contribution is -2.37. The molecule has 0 aromatic heterocycles. The van der Waals surface area contributed by atoms with Gasteiger partial charge in [0.2, 0.25) is 0 Å². The Balaban J connectivity index is 1.86. The maximum atomic E-state index is 13.9. The molecule has 1 saturated heterocycles. The van der Waals surface area contributed by atoms with Gasteiger partial charge in [-0.25, -0.2) is 4.39 Å². The zero-order valence-electron chi connectivity index (χ0n) is 11.8. The van der Waals surface area contributed by atoms with E-state index in [1.54, 1.807) is 12.1 Å². The van der Waals surface area contributed by atoms with Gasteiger partial charge in [0.05, 0.1) is 7.11 Å². The zero-order chi connectivity index (χ0) is 13.7. The summed E-state index contributed by atoms with van der Waals surface area (Å²) in [5, 5.41) is 3.36. The van der Waals surface area contributed by atoms with Gasteiger partial charge in [-0.3, -0.25) is 4.90 Å². The molecular weight excluding hydrogens is 243 g/mol. The highest BCUT2D eigenvalue weighted by molar-refractivity contribution is 5.30. The average molecular weight is 266 g/mol. The first kappa shape index (κ1) is 14.3. The van der Waals surface area contributed by atoms with Gasteiger partial charge < -0.3 is 10.1 Å². The van der Waals surface area contributed by atoms with Crippen LogP contribution in [0.3, 0.4) is 0 Å². The minimum atomic E-state index is -0.253. The fraction of sp³-hybridized carbons (Fsp3) is 0.600. The molecule has 1 atom stereocenters. The minimum Gasteiger partial charge on any atom is -0.494 e. The highest BCUT2D eigenvalue weighted by atomic mass is 19.1. The molecular formula is C15H23FN2O. The van der Waals surface area contributed by atoms with E-state index in [0.29, 0.717) is 23.9 Å². The molecule has 0 aliphatic carbocycles. The number of likely N-dealkylation sites (tertiary alicyclic amines) is 1. The van der Waals surface area contributed by atoms with E-state index in [1.807, 2.05) is 6.07 Å². The lowest BCUT2D eigenvalue weighted by Gasteiger charge is -2.23. The molecule has 1 N–H and O–H groups in total. The van der Waals surface area contributed by atoms with Crippen LogP contribution in [0.1, 0.15) is 25.3 Å². The van der Waals surface area contributed by atoms with Crippen molar-refractivity contribution < 1.29 is 9.13 Å². The van der Waals surface area contributed by atoms with Gasteiger partial charge in [0.1, 0.15) is 0 Å². The summed E-state index contributed by atoms with van der Waals surface area (Å²) in [5.41, 5.74) is 0.667. The van der Waals surface area contributed by atoms with Crippen LogP contribution in [0.2, 0.25) is 0 Å². The standard InChI is InChI=1S/C15H23FN2O/c1-3-18-9-5-7-13(18)11-17-10-12-6-4-8-14(19-2)15(12)16/h4,6,8,13,17H,3,5,7,9-11H2,1-2H3. The summed E-state index contributed by atoms with van der Waals surface area (Å²) in [4.78, 5) is 2.48. The lowest BCUT2D eigenvalue weighted by atomic mass is 10.1. The van der Waals surface area contributed by atoms with E-state index in [1.165, 1.54) is 26.5 Å². The third-order valence-corrected chi connectivity index (χ3v) is 3.86. The third-order valence-electron chi connectivity index (χ3n) is 3.86. The van der Waals surface area contributed by atoms with Crippen molar-refractivity contribution in [2.45, 2.75) is 32.4 Å². The second kappa shape index (κ2) is 6.87. The largest absolute Gasteiger partial charge is 0.494 e. The number of benzene rings is 1. The summed E-state index contributed by atoms with van der Waals surface area (Å²) in [6.07, 6.45) is 2.51. The number of likely N-dealkylation sites (N-methyl/N-ethyl adjacent to an activating group) is 1. The van der Waals surface area contributed by atoms with Gasteiger partial charge in [0.15, 0.2) is 11.6 Å². The van der Waals surface area contributed by atoms with Crippen LogP contribution in [0.4, 0.5) is 4.39 Å². The molecule has 1 aromatic rings. The zero-order valence-corrected chi connectivity index (χ0v) is 11.8. The Morgan fingerprint density at radius 3 is 3.05 bits per heavy atom. The van der Waals surface area contributed by atoms with Crippen LogP contribution in [-0.4, -0.2) is 37.7 Å². The molecule has 0 amide bonds. The Morgan fingerprint density at radius 1 is 1.47 bits per heavy atom. The van der Waals surface area contributed by atoms with Gasteiger partial charge in [-0.05, 0) is 32.0 Å². The van der Waals surface area contributed by atoms with Crippen molar-refractivity contribution in [3.8, 4) is 5.75 Å². The minimum absolute atomic E-state index is 0.253. The molecule has 2 rings (SSSR count). The number of hydrogen-bond acceptors (Lipinski definition) is 3. The van der Waals surface area contributed by atoms with Crippen LogP contribution >= 0.6 is 0 Å². The number of nitrogens with zero attached hydrogens (tertiary/aromatic N) is 1. The second-order valence-electron chi connectivity index (χ2n) is 4.99. The smallest absolute Gasteiger partial charge is 0.169 e. The average Bonchev–Trinajstić information content (AvgIpc) is 2.88. The molecule has 106 valence electrons. The van der Waals surface area contributed by atoms with E-state index in [4.69, 9.17) is 4.74 Å². The van der Waals surface area contributed by atoms with Crippen LogP contribution in [0, 0.1) is 5.82 Å². The molecule has 19 heavy (non-hydrogen) atoms. The number of halogens is 1. The van der Waals surface area contributed by atoms with Crippen molar-refractivity contribution in [3.05, 3.63) is 29.6 Å². The Labute approximate surface area is 114 Å². The fourth-order valence-electron chi connectivity index (χ4n) is 2.77. The van der Waals surface area contributed by atoms with E-state index in [0.717, 1.165) is 13.1 Å². The molecule has 0 bridgehead atoms. The van der Waals surface area contributed by atoms with E-state index >= 15 is 0 Å². The molecule has 0 spiro atoms. The van der Waals surface area contributed by atoms with Gasteiger partial charge in [-0.15, -0.1) is 0 Å². The predicted octanol–water partition coefficient (Wildman–Crippen LogP) is 2.41. The second-order valence-corrected chi connectivity index (χ2v) is 4.99. The van der Waals surface area contributed by atoms with Crippen LogP contribution in [0.5, 0.6) is 5.75 Å². The number of hydrogen-bond donors (Lipinski definition) is 1. The summed E-state index contributed by atoms with van der Waals surface area (Å²) in [7, 11) is 1.49. The Kier molecular flexibility index (Phi) is 5.16. The molecule has 1 fully saturated rings. The van der Waals surface area contributed by atoms with E-state index < -0.39 is 0 Å². The van der Waals surface area contributed by atoms with E-state index in [-0.39, 0.29) is 5.82 Å². The molecule has 1 unspecified atom stereocenters. The van der Waals surface area contributed by atoms with E-state index in [9.17, 15) is 4.39 Å². The molecule has 3 nitrogen and oxygen atoms in total. The van der Waals surface area contributed by atoms with Crippen molar-refractivity contribution in [3.63, 3.8) is 0 Å². The van der Waals surface area contributed by atoms with Crippen LogP contribution < -0.4 is 10.1 Å². The van der Waals surface area contributed by atoms with E-state index in [2.05, 4.69) is 17.1 Å². The first-order valence-electron chi connectivity index (χ1n) is 7.02. The molecule has 1 aliphatic rings. The number of nitrogens with one attached hydrogen (secondary N) is 1. The summed E-state index contributed by atoms with van der Waals surface area (Å²) >= 11 is 0. The maximum Gasteiger partial charge on any atom is 0.169 e. The molecule has 1 aliphatic heterocycles. The molecule has 1 aromatic carbocycles. The maximum absolute atomic E-state index is 13.9. The summed E-state index contributed by atoms with van der Waals surface area (Å²) in [6, 6.07) is 5.87. The molecule has 0 saturated carbocycles. The van der Waals surface area contributed by atoms with Crippen molar-refractivity contribution in [1.29, 1.82) is 0 Å². The van der Waals surface area contributed by atoms with Crippen LogP contribution in [0.15, 0.2) is 18.2 Å². The van der Waals surface area contributed by atoms with Gasteiger partial charge in [-0.1, -0.05) is 19.1 Å². The Bertz CT molecular complexity index is 411. The lowest BCUT2D eigenvalue weighted by molar-refractivity contribution is 0.259. The summed E-state index contributed by atoms with van der Waals surface area (Å²) in [6.45, 7) is 5.96. The summed E-state index contributed by atoms with van der Waals surface area (Å²) < 4.78 is 18.9. The third kappa shape index (κ3) is 3.45. The predicted molar refractivity (Wildman–Crippen MR) is 74.9 cm³/mol. The van der Waals surface area contributed by atoms with Gasteiger partial charge in [0, 0.05) is 24.7 Å². The highest BCUT2D eigenvalue weighted by Gasteiger charge is 2.22. The summed E-state index contributed by atoms with van der Waals surface area (Å²) in [5.74, 6) is 0.0617. The fourth-order valence-corrected chi connectivity index (χ4v) is 2.77. The van der Waals surface area contributed by atoms with Crippen LogP contribution in [0.25, 0.3) is 0 Å². The van der Waals surface area contributed by atoms with Crippen molar-refractivity contribution >= 4 is 0 Å². The van der Waals surface area contributed by atoms with Gasteiger partial charge in [0.25, 0.3) is 0 Å². The Hall–Kier alpha value is -1.13. The normalized spacial score (nSPS) is 19.8. The number of ether oxygens (including phenoxy) is 1. The Morgan fingerprint density at radius 2 is 2.32 bits per heavy atom. The van der Waals surface area contributed by atoms with Crippen molar-refractivity contribution in [1.82, 2.24) is 10.2 Å². The first-order valence-corrected chi connectivity index (χ1v) is 7.02. The number of methoxy groups -OCH3 is 1. The molecule has 4 heteroatoms. The van der Waals surface area contributed by atoms with Crippen molar-refractivity contribution in [2.75, 3.05) is 26.7 Å². The van der Waals surface area contributed by atoms with Crippen molar-refractivity contribution in [2.24, 2.45) is 0 Å². The molecule has 1 heterocycles. The topological polar surface area (TPSA) is 24.5 Å². The number of rotatable bonds is 6. The molecule has 0 radical (unpaired) electrons.